The van der Waals surface area contributed by atoms with Gasteiger partial charge in [0.2, 0.25) is 0 Å². The summed E-state index contributed by atoms with van der Waals surface area (Å²) in [6.45, 7) is 0. The lowest BCUT2D eigenvalue weighted by Gasteiger charge is -1.94. The Morgan fingerprint density at radius 3 is 1.78 bits per heavy atom. The molecule has 0 spiro atoms. The van der Waals surface area contributed by atoms with Crippen molar-refractivity contribution in [3.05, 3.63) is 0 Å². The summed E-state index contributed by atoms with van der Waals surface area (Å²) in [5.74, 6) is 1.56. The normalized spacial score (nSPS) is 29.3. The molecule has 9 heavy (non-hydrogen) atoms. The zero-order chi connectivity index (χ0) is 6.36. The summed E-state index contributed by atoms with van der Waals surface area (Å²) in [5.41, 5.74) is 0. The highest BCUT2D eigenvalue weighted by atomic mass is 31.1. The van der Waals surface area contributed by atoms with E-state index in [9.17, 15) is 0 Å². The van der Waals surface area contributed by atoms with Gasteiger partial charge in [-0.05, 0) is 31.1 Å². The Morgan fingerprint density at radius 1 is 0.667 bits per heavy atom. The second-order valence-electron chi connectivity index (χ2n) is 2.59. The van der Waals surface area contributed by atoms with Crippen molar-refractivity contribution in [3.8, 4) is 0 Å². The van der Waals surface area contributed by atoms with E-state index in [0.717, 1.165) is 0 Å². The summed E-state index contributed by atoms with van der Waals surface area (Å²) in [4.78, 5) is 0. The topological polar surface area (TPSA) is 0 Å². The second kappa shape index (κ2) is 5.63. The molecule has 0 aromatic rings. The van der Waals surface area contributed by atoms with Crippen LogP contribution in [0.2, 0.25) is 0 Å². The third-order valence-corrected chi connectivity index (χ3v) is 5.12. The van der Waals surface area contributed by atoms with E-state index in [-0.39, 0.29) is 0 Å². The van der Waals surface area contributed by atoms with E-state index < -0.39 is 0 Å². The molecule has 0 bridgehead atoms. The quantitative estimate of drug-likeness (QED) is 0.480. The Bertz CT molecular complexity index is 35.4. The fourth-order valence-electron chi connectivity index (χ4n) is 1.12. The molecule has 1 aliphatic heterocycles. The van der Waals surface area contributed by atoms with Gasteiger partial charge in [-0.15, -0.1) is 17.2 Å². The largest absolute Gasteiger partial charge is 0.118 e. The zero-order valence-electron chi connectivity index (χ0n) is 5.95. The van der Waals surface area contributed by atoms with Crippen molar-refractivity contribution in [2.24, 2.45) is 0 Å². The van der Waals surface area contributed by atoms with Crippen LogP contribution in [-0.2, 0) is 0 Å². The molecule has 1 rings (SSSR count). The first kappa shape index (κ1) is 7.96. The van der Waals surface area contributed by atoms with Gasteiger partial charge < -0.3 is 0 Å². The zero-order valence-corrected chi connectivity index (χ0v) is 7.95. The Morgan fingerprint density at radius 2 is 1.22 bits per heavy atom. The van der Waals surface area contributed by atoms with E-state index in [0.29, 0.717) is 0 Å². The van der Waals surface area contributed by atoms with Gasteiger partial charge in [-0.1, -0.05) is 12.8 Å². The Hall–Kier alpha value is 0.860. The molecule has 0 radical (unpaired) electrons. The molecule has 54 valence electrons. The van der Waals surface area contributed by atoms with Crippen molar-refractivity contribution in [1.82, 2.24) is 0 Å². The predicted octanol–water partition coefficient (Wildman–Crippen LogP) is 2.87. The number of rotatable bonds is 0. The van der Waals surface area contributed by atoms with Gasteiger partial charge in [0.05, 0.1) is 0 Å². The molecule has 2 heteroatoms. The van der Waals surface area contributed by atoms with E-state index >= 15 is 0 Å². The molecule has 0 aromatic carbocycles. The van der Waals surface area contributed by atoms with Crippen LogP contribution in [0.1, 0.15) is 25.7 Å². The predicted molar refractivity (Wildman–Crippen MR) is 49.7 cm³/mol. The Kier molecular flexibility index (Phi) is 4.98. The molecule has 1 aliphatic rings. The van der Waals surface area contributed by atoms with Crippen LogP contribution in [0.15, 0.2) is 0 Å². The highest BCUT2D eigenvalue weighted by molar-refractivity contribution is 7.56. The fourth-order valence-corrected chi connectivity index (χ4v) is 4.24. The van der Waals surface area contributed by atoms with E-state index in [2.05, 4.69) is 0 Å². The van der Waals surface area contributed by atoms with Gasteiger partial charge in [-0.3, -0.25) is 0 Å². The molecule has 1 heterocycles. The minimum absolute atomic E-state index is 1.30. The Labute approximate surface area is 61.8 Å². The lowest BCUT2D eigenvalue weighted by Crippen LogP contribution is -1.78. The van der Waals surface area contributed by atoms with Crippen molar-refractivity contribution in [2.75, 3.05) is 18.2 Å². The van der Waals surface area contributed by atoms with Gasteiger partial charge in [0.25, 0.3) is 0 Å². The van der Waals surface area contributed by atoms with Gasteiger partial charge in [-0.25, -0.2) is 0 Å². The average Bonchev–Trinajstić information content (AvgIpc) is 2.00. The summed E-state index contributed by atoms with van der Waals surface area (Å²) in [6.07, 6.45) is 9.13. The second-order valence-corrected chi connectivity index (χ2v) is 6.01. The maximum absolute atomic E-state index is 1.56. The molecule has 0 saturated carbocycles. The molecule has 0 aromatic heterocycles. The van der Waals surface area contributed by atoms with Crippen LogP contribution in [0, 0.1) is 0 Å². The first-order chi connectivity index (χ1) is 4.50. The van der Waals surface area contributed by atoms with E-state index in [1.807, 2.05) is 0 Å². The van der Waals surface area contributed by atoms with Crippen molar-refractivity contribution in [1.29, 1.82) is 0 Å². The van der Waals surface area contributed by atoms with Crippen LogP contribution in [-0.4, -0.2) is 18.2 Å². The van der Waals surface area contributed by atoms with Gasteiger partial charge in [0, 0.05) is 0 Å². The summed E-state index contributed by atoms with van der Waals surface area (Å²) in [5, 5.41) is 0. The lowest BCUT2D eigenvalue weighted by atomic mass is 10.2. The molecular formula is C7H16P2. The molecule has 0 nitrogen and oxygen atoms in total. The molecule has 2 unspecified atom stereocenters. The van der Waals surface area contributed by atoms with Gasteiger partial charge in [-0.2, -0.15) is 0 Å². The van der Waals surface area contributed by atoms with Crippen molar-refractivity contribution in [2.45, 2.75) is 25.7 Å². The van der Waals surface area contributed by atoms with Crippen LogP contribution < -0.4 is 0 Å². The minimum atomic E-state index is 1.30. The lowest BCUT2D eigenvalue weighted by molar-refractivity contribution is 0.711. The first-order valence-electron chi connectivity index (χ1n) is 3.91. The van der Waals surface area contributed by atoms with Gasteiger partial charge in [0.15, 0.2) is 0 Å². The molecule has 1 saturated heterocycles. The molecular weight excluding hydrogens is 146 g/mol. The molecule has 0 N–H and O–H groups in total. The number of hydrogen-bond acceptors (Lipinski definition) is 0. The van der Waals surface area contributed by atoms with Crippen LogP contribution in [0.4, 0.5) is 0 Å². The van der Waals surface area contributed by atoms with Crippen LogP contribution in [0.5, 0.6) is 0 Å². The van der Waals surface area contributed by atoms with E-state index in [1.54, 1.807) is 5.90 Å². The smallest absolute Gasteiger partial charge is 0.0176 e. The highest BCUT2D eigenvalue weighted by Crippen LogP contribution is 2.28. The maximum Gasteiger partial charge on any atom is -0.0176 e. The van der Waals surface area contributed by atoms with Crippen molar-refractivity contribution >= 4 is 17.2 Å². The standard InChI is InChI=1S/C7H16P2/c1-2-4-6-9-7-8-5-3-1/h8-9H,1-7H2. The summed E-state index contributed by atoms with van der Waals surface area (Å²) >= 11 is 0. The van der Waals surface area contributed by atoms with Crippen molar-refractivity contribution < 1.29 is 0 Å². The summed E-state index contributed by atoms with van der Waals surface area (Å²) < 4.78 is 0. The number of hydrogen-bond donors (Lipinski definition) is 0. The third kappa shape index (κ3) is 4.29. The molecule has 1 fully saturated rings. The fraction of sp³-hybridized carbons (Fsp3) is 1.00. The SMILES string of the molecule is C1CCCPCPCC1. The highest BCUT2D eigenvalue weighted by Gasteiger charge is 1.95. The third-order valence-electron chi connectivity index (χ3n) is 1.71. The van der Waals surface area contributed by atoms with Crippen molar-refractivity contribution in [3.63, 3.8) is 0 Å². The van der Waals surface area contributed by atoms with Gasteiger partial charge >= 0.3 is 0 Å². The van der Waals surface area contributed by atoms with Crippen LogP contribution >= 0.6 is 17.2 Å². The molecule has 0 aliphatic carbocycles. The molecule has 0 amide bonds. The first-order valence-corrected chi connectivity index (χ1v) is 6.74. The Balaban J connectivity index is 2.02. The maximum atomic E-state index is 1.56. The monoisotopic (exact) mass is 162 g/mol. The average molecular weight is 162 g/mol. The van der Waals surface area contributed by atoms with Gasteiger partial charge in [0.1, 0.15) is 0 Å². The van der Waals surface area contributed by atoms with Crippen LogP contribution in [0.25, 0.3) is 0 Å². The molecule has 2 atom stereocenters. The van der Waals surface area contributed by atoms with E-state index in [4.69, 9.17) is 0 Å². The summed E-state index contributed by atoms with van der Waals surface area (Å²) in [7, 11) is 2.60. The summed E-state index contributed by atoms with van der Waals surface area (Å²) in [6, 6.07) is 0. The minimum Gasteiger partial charge on any atom is -0.118 e. The van der Waals surface area contributed by atoms with Crippen LogP contribution in [0.3, 0.4) is 0 Å². The van der Waals surface area contributed by atoms with E-state index in [1.165, 1.54) is 55.2 Å².